The summed E-state index contributed by atoms with van der Waals surface area (Å²) in [5.74, 6) is 0. The quantitative estimate of drug-likeness (QED) is 0.764. The van der Waals surface area contributed by atoms with Gasteiger partial charge >= 0.3 is 0 Å². The van der Waals surface area contributed by atoms with Gasteiger partial charge in [0.05, 0.1) is 6.10 Å². The third-order valence-corrected chi connectivity index (χ3v) is 4.29. The lowest BCUT2D eigenvalue weighted by Gasteiger charge is -2.11. The summed E-state index contributed by atoms with van der Waals surface area (Å²) in [5.41, 5.74) is 0.987. The fourth-order valence-corrected chi connectivity index (χ4v) is 2.12. The average Bonchev–Trinajstić information content (AvgIpc) is 2.22. The van der Waals surface area contributed by atoms with Crippen LogP contribution in [0, 0.1) is 0 Å². The van der Waals surface area contributed by atoms with E-state index in [0.717, 1.165) is 27.4 Å². The summed E-state index contributed by atoms with van der Waals surface area (Å²) < 4.78 is 2.02. The third kappa shape index (κ3) is 4.25. The van der Waals surface area contributed by atoms with Gasteiger partial charge in [0.2, 0.25) is 0 Å². The molecule has 1 rings (SSSR count). The van der Waals surface area contributed by atoms with Gasteiger partial charge in [0.1, 0.15) is 0 Å². The van der Waals surface area contributed by atoms with Crippen LogP contribution in [0.15, 0.2) is 27.1 Å². The molecule has 0 heterocycles. The summed E-state index contributed by atoms with van der Waals surface area (Å²) in [6, 6.07) is 5.90. The van der Waals surface area contributed by atoms with Crippen LogP contribution in [0.2, 0.25) is 0 Å². The molecule has 1 atom stereocenters. The van der Waals surface area contributed by atoms with Gasteiger partial charge in [-0.3, -0.25) is 0 Å². The van der Waals surface area contributed by atoms with Crippen molar-refractivity contribution in [2.24, 2.45) is 0 Å². The molecule has 0 radical (unpaired) electrons. The maximum atomic E-state index is 9.93. The van der Waals surface area contributed by atoms with Gasteiger partial charge < -0.3 is 5.11 Å². The molecule has 1 nitrogen and oxygen atoms in total. The second-order valence-corrected chi connectivity index (χ2v) is 5.39. The number of aliphatic hydroxyl groups is 1. The van der Waals surface area contributed by atoms with Gasteiger partial charge in [-0.05, 0) is 56.0 Å². The van der Waals surface area contributed by atoms with Crippen molar-refractivity contribution in [1.29, 1.82) is 0 Å². The van der Waals surface area contributed by atoms with Gasteiger partial charge in [0, 0.05) is 8.95 Å². The van der Waals surface area contributed by atoms with Crippen LogP contribution in [0.25, 0.3) is 0 Å². The molecule has 0 aliphatic heterocycles. The molecule has 0 fully saturated rings. The molecule has 1 aromatic rings. The minimum absolute atomic E-state index is 0.332. The predicted octanol–water partition coefficient (Wildman–Crippen LogP) is 4.83. The lowest BCUT2D eigenvalue weighted by molar-refractivity contribution is 0.163. The second-order valence-electron chi connectivity index (χ2n) is 3.69. The number of unbranched alkanes of at least 4 members (excludes halogenated alkanes) is 2. The molecule has 15 heavy (non-hydrogen) atoms. The van der Waals surface area contributed by atoms with Crippen LogP contribution in [0.5, 0.6) is 0 Å². The summed E-state index contributed by atoms with van der Waals surface area (Å²) in [4.78, 5) is 0. The highest BCUT2D eigenvalue weighted by molar-refractivity contribution is 9.13. The van der Waals surface area contributed by atoms with E-state index < -0.39 is 0 Å². The fraction of sp³-hybridized carbons (Fsp3) is 0.500. The molecular formula is C12H16Br2O. The van der Waals surface area contributed by atoms with E-state index in [4.69, 9.17) is 0 Å². The third-order valence-electron chi connectivity index (χ3n) is 2.41. The number of hydrogen-bond acceptors (Lipinski definition) is 1. The van der Waals surface area contributed by atoms with E-state index >= 15 is 0 Å². The summed E-state index contributed by atoms with van der Waals surface area (Å²) in [7, 11) is 0. The zero-order chi connectivity index (χ0) is 11.3. The Morgan fingerprint density at radius 1 is 1.20 bits per heavy atom. The highest BCUT2D eigenvalue weighted by Gasteiger charge is 2.08. The summed E-state index contributed by atoms with van der Waals surface area (Å²) in [6.45, 7) is 2.17. The molecule has 3 heteroatoms. The highest BCUT2D eigenvalue weighted by atomic mass is 79.9. The molecule has 0 spiro atoms. The molecule has 0 aliphatic carbocycles. The van der Waals surface area contributed by atoms with Crippen LogP contribution < -0.4 is 0 Å². The maximum absolute atomic E-state index is 9.93. The molecule has 0 bridgehead atoms. The van der Waals surface area contributed by atoms with E-state index in [9.17, 15) is 5.11 Å². The van der Waals surface area contributed by atoms with Crippen molar-refractivity contribution in [1.82, 2.24) is 0 Å². The van der Waals surface area contributed by atoms with Crippen LogP contribution >= 0.6 is 31.9 Å². The van der Waals surface area contributed by atoms with E-state index in [1.807, 2.05) is 18.2 Å². The highest BCUT2D eigenvalue weighted by Crippen LogP contribution is 2.28. The van der Waals surface area contributed by atoms with Crippen molar-refractivity contribution < 1.29 is 5.11 Å². The molecule has 0 amide bonds. The Hall–Kier alpha value is 0.140. The molecule has 0 saturated heterocycles. The van der Waals surface area contributed by atoms with Crippen molar-refractivity contribution in [3.05, 3.63) is 32.7 Å². The molecule has 84 valence electrons. The summed E-state index contributed by atoms with van der Waals surface area (Å²) in [6.07, 6.45) is 3.99. The standard InChI is InChI=1S/C12H16Br2O/c1-2-3-4-5-12(15)9-6-7-10(13)11(14)8-9/h6-8,12,15H,2-5H2,1H3. The summed E-state index contributed by atoms with van der Waals surface area (Å²) in [5, 5.41) is 9.93. The molecule has 1 unspecified atom stereocenters. The Morgan fingerprint density at radius 2 is 1.93 bits per heavy atom. The SMILES string of the molecule is CCCCCC(O)c1ccc(Br)c(Br)c1. The van der Waals surface area contributed by atoms with E-state index in [1.165, 1.54) is 12.8 Å². The van der Waals surface area contributed by atoms with Gasteiger partial charge in [-0.15, -0.1) is 0 Å². The Labute approximate surface area is 108 Å². The van der Waals surface area contributed by atoms with Crippen LogP contribution in [-0.2, 0) is 0 Å². The number of aliphatic hydroxyl groups excluding tert-OH is 1. The number of halogens is 2. The van der Waals surface area contributed by atoms with E-state index in [2.05, 4.69) is 38.8 Å². The van der Waals surface area contributed by atoms with Crippen LogP contribution in [-0.4, -0.2) is 5.11 Å². The number of rotatable bonds is 5. The van der Waals surface area contributed by atoms with Gasteiger partial charge in [0.25, 0.3) is 0 Å². The first-order valence-corrected chi connectivity index (χ1v) is 6.86. The minimum Gasteiger partial charge on any atom is -0.388 e. The fourth-order valence-electron chi connectivity index (χ4n) is 1.47. The molecule has 0 aliphatic rings. The second kappa shape index (κ2) is 6.66. The van der Waals surface area contributed by atoms with Crippen molar-refractivity contribution in [3.8, 4) is 0 Å². The predicted molar refractivity (Wildman–Crippen MR) is 70.9 cm³/mol. The first-order valence-electron chi connectivity index (χ1n) is 5.28. The average molecular weight is 336 g/mol. The zero-order valence-electron chi connectivity index (χ0n) is 8.84. The van der Waals surface area contributed by atoms with Gasteiger partial charge in [-0.1, -0.05) is 32.3 Å². The smallest absolute Gasteiger partial charge is 0.0790 e. The Bertz CT molecular complexity index is 312. The summed E-state index contributed by atoms with van der Waals surface area (Å²) >= 11 is 6.85. The molecule has 0 saturated carbocycles. The van der Waals surface area contributed by atoms with Gasteiger partial charge in [-0.2, -0.15) is 0 Å². The number of hydrogen-bond donors (Lipinski definition) is 1. The Kier molecular flexibility index (Phi) is 5.87. The minimum atomic E-state index is -0.332. The van der Waals surface area contributed by atoms with E-state index in [-0.39, 0.29) is 6.10 Å². The van der Waals surface area contributed by atoms with Gasteiger partial charge in [0.15, 0.2) is 0 Å². The molecule has 0 aromatic heterocycles. The van der Waals surface area contributed by atoms with Crippen LogP contribution in [0.3, 0.4) is 0 Å². The first kappa shape index (κ1) is 13.2. The normalized spacial score (nSPS) is 12.8. The zero-order valence-corrected chi connectivity index (χ0v) is 12.0. The molecule has 1 aromatic carbocycles. The number of benzene rings is 1. The van der Waals surface area contributed by atoms with Crippen molar-refractivity contribution >= 4 is 31.9 Å². The molecule has 1 N–H and O–H groups in total. The maximum Gasteiger partial charge on any atom is 0.0790 e. The van der Waals surface area contributed by atoms with E-state index in [0.29, 0.717) is 0 Å². The van der Waals surface area contributed by atoms with Crippen molar-refractivity contribution in [3.63, 3.8) is 0 Å². The largest absolute Gasteiger partial charge is 0.388 e. The topological polar surface area (TPSA) is 20.2 Å². The Balaban J connectivity index is 2.57. The van der Waals surface area contributed by atoms with E-state index in [1.54, 1.807) is 0 Å². The van der Waals surface area contributed by atoms with Crippen LogP contribution in [0.1, 0.15) is 44.3 Å². The van der Waals surface area contributed by atoms with Crippen LogP contribution in [0.4, 0.5) is 0 Å². The van der Waals surface area contributed by atoms with Gasteiger partial charge in [-0.25, -0.2) is 0 Å². The monoisotopic (exact) mass is 334 g/mol. The van der Waals surface area contributed by atoms with Crippen molar-refractivity contribution in [2.45, 2.75) is 38.7 Å². The Morgan fingerprint density at radius 3 is 2.53 bits per heavy atom. The first-order chi connectivity index (χ1) is 7.15. The lowest BCUT2D eigenvalue weighted by atomic mass is 10.0. The lowest BCUT2D eigenvalue weighted by Crippen LogP contribution is -1.97. The van der Waals surface area contributed by atoms with Crippen molar-refractivity contribution in [2.75, 3.05) is 0 Å². The molecular weight excluding hydrogens is 320 g/mol.